The minimum atomic E-state index is -3.08. The quantitative estimate of drug-likeness (QED) is 0.675. The predicted molar refractivity (Wildman–Crippen MR) is 107 cm³/mol. The van der Waals surface area contributed by atoms with Gasteiger partial charge in [0, 0.05) is 31.6 Å². The first-order valence-electron chi connectivity index (χ1n) is 8.31. The van der Waals surface area contributed by atoms with E-state index in [4.69, 9.17) is 11.6 Å². The summed E-state index contributed by atoms with van der Waals surface area (Å²) in [5.41, 5.74) is 0.668. The molecule has 9 heteroatoms. The molecular weight excluding hydrogens is 396 g/mol. The van der Waals surface area contributed by atoms with Crippen LogP contribution in [0.5, 0.6) is 0 Å². The van der Waals surface area contributed by atoms with Crippen molar-refractivity contribution in [3.63, 3.8) is 0 Å². The summed E-state index contributed by atoms with van der Waals surface area (Å²) in [5.74, 6) is -3.63. The predicted octanol–water partition coefficient (Wildman–Crippen LogP) is 4.16. The molecule has 0 saturated carbocycles. The SMILES string of the molecule is CN(C)CCCN(C)c1c(Cl)cc(C(C)(F)F)cc1C=C1SC(=O)NC1=O. The number of rotatable bonds is 7. The lowest BCUT2D eigenvalue weighted by molar-refractivity contribution is -0.115. The van der Waals surface area contributed by atoms with Crippen molar-refractivity contribution in [1.29, 1.82) is 0 Å². The zero-order valence-corrected chi connectivity index (χ0v) is 17.2. The first-order chi connectivity index (χ1) is 12.5. The minimum Gasteiger partial charge on any atom is -0.373 e. The van der Waals surface area contributed by atoms with Crippen LogP contribution in [-0.4, -0.2) is 50.3 Å². The van der Waals surface area contributed by atoms with Gasteiger partial charge in [0.1, 0.15) is 0 Å². The smallest absolute Gasteiger partial charge is 0.290 e. The summed E-state index contributed by atoms with van der Waals surface area (Å²) in [6.07, 6.45) is 2.28. The Labute approximate surface area is 166 Å². The second-order valence-electron chi connectivity index (χ2n) is 6.71. The normalized spacial score (nSPS) is 16.4. The molecule has 0 radical (unpaired) electrons. The Bertz CT molecular complexity index is 779. The molecule has 1 N–H and O–H groups in total. The van der Waals surface area contributed by atoms with Crippen LogP contribution < -0.4 is 10.2 Å². The number of nitrogens with zero attached hydrogens (tertiary/aromatic N) is 2. The molecule has 1 heterocycles. The summed E-state index contributed by atoms with van der Waals surface area (Å²) in [4.78, 5) is 27.3. The van der Waals surface area contributed by atoms with Crippen molar-refractivity contribution in [2.24, 2.45) is 0 Å². The molecule has 2 amide bonds. The lowest BCUT2D eigenvalue weighted by atomic mass is 10.0. The van der Waals surface area contributed by atoms with Crippen LogP contribution in [0.1, 0.15) is 24.5 Å². The molecule has 27 heavy (non-hydrogen) atoms. The minimum absolute atomic E-state index is 0.149. The van der Waals surface area contributed by atoms with Gasteiger partial charge in [0.05, 0.1) is 15.6 Å². The van der Waals surface area contributed by atoms with Gasteiger partial charge in [-0.05, 0) is 57.0 Å². The van der Waals surface area contributed by atoms with Crippen LogP contribution in [0.25, 0.3) is 6.08 Å². The Kier molecular flexibility index (Phi) is 6.88. The summed E-state index contributed by atoms with van der Waals surface area (Å²) in [6, 6.07) is 2.56. The highest BCUT2D eigenvalue weighted by molar-refractivity contribution is 8.18. The first-order valence-corrected chi connectivity index (χ1v) is 9.51. The first kappa shape index (κ1) is 21.7. The molecule has 1 aromatic carbocycles. The number of hydrogen-bond acceptors (Lipinski definition) is 5. The highest BCUT2D eigenvalue weighted by atomic mass is 35.5. The number of alkyl halides is 2. The Morgan fingerprint density at radius 1 is 1.22 bits per heavy atom. The summed E-state index contributed by atoms with van der Waals surface area (Å²) < 4.78 is 27.7. The fourth-order valence-electron chi connectivity index (χ4n) is 2.68. The maximum Gasteiger partial charge on any atom is 0.290 e. The van der Waals surface area contributed by atoms with Crippen molar-refractivity contribution in [3.8, 4) is 0 Å². The third-order valence-corrected chi connectivity index (χ3v) is 5.11. The molecule has 5 nitrogen and oxygen atoms in total. The molecule has 0 atom stereocenters. The molecule has 0 aliphatic carbocycles. The van der Waals surface area contributed by atoms with E-state index in [9.17, 15) is 18.4 Å². The largest absolute Gasteiger partial charge is 0.373 e. The maximum atomic E-state index is 13.9. The third-order valence-electron chi connectivity index (χ3n) is 4.01. The summed E-state index contributed by atoms with van der Waals surface area (Å²) in [6.45, 7) is 2.29. The van der Waals surface area contributed by atoms with Gasteiger partial charge in [-0.1, -0.05) is 11.6 Å². The molecule has 2 rings (SSSR count). The third kappa shape index (κ3) is 5.67. The van der Waals surface area contributed by atoms with Crippen LogP contribution in [0.2, 0.25) is 5.02 Å². The highest BCUT2D eigenvalue weighted by Crippen LogP contribution is 2.39. The molecule has 148 valence electrons. The molecule has 1 aliphatic rings. The fraction of sp³-hybridized carbons (Fsp3) is 0.444. The number of thioether (sulfide) groups is 1. The highest BCUT2D eigenvalue weighted by Gasteiger charge is 2.29. The van der Waals surface area contributed by atoms with Crippen LogP contribution in [0.15, 0.2) is 17.0 Å². The van der Waals surface area contributed by atoms with Crippen molar-refractivity contribution in [1.82, 2.24) is 10.2 Å². The average molecular weight is 418 g/mol. The van der Waals surface area contributed by atoms with E-state index in [1.807, 2.05) is 30.9 Å². The number of halogens is 3. The van der Waals surface area contributed by atoms with Crippen molar-refractivity contribution >= 4 is 46.3 Å². The van der Waals surface area contributed by atoms with E-state index in [2.05, 4.69) is 5.32 Å². The number of benzene rings is 1. The number of carbonyl (C=O) groups excluding carboxylic acids is 2. The Morgan fingerprint density at radius 3 is 2.41 bits per heavy atom. The lowest BCUT2D eigenvalue weighted by Crippen LogP contribution is -2.24. The molecule has 0 bridgehead atoms. The zero-order chi connectivity index (χ0) is 20.4. The molecule has 1 aliphatic heterocycles. The van der Waals surface area contributed by atoms with Crippen LogP contribution in [0.3, 0.4) is 0 Å². The lowest BCUT2D eigenvalue weighted by Gasteiger charge is -2.25. The van der Waals surface area contributed by atoms with Crippen LogP contribution in [0.4, 0.5) is 19.3 Å². The van der Waals surface area contributed by atoms with Crippen LogP contribution >= 0.6 is 23.4 Å². The molecule has 0 spiro atoms. The number of hydrogen-bond donors (Lipinski definition) is 1. The molecule has 0 aromatic heterocycles. The van der Waals surface area contributed by atoms with Crippen molar-refractivity contribution < 1.29 is 18.4 Å². The van der Waals surface area contributed by atoms with Gasteiger partial charge in [-0.3, -0.25) is 14.9 Å². The van der Waals surface area contributed by atoms with E-state index in [0.717, 1.165) is 31.7 Å². The fourth-order valence-corrected chi connectivity index (χ4v) is 3.73. The number of carbonyl (C=O) groups is 2. The molecule has 0 unspecified atom stereocenters. The van der Waals surface area contributed by atoms with Gasteiger partial charge in [0.15, 0.2) is 0 Å². The number of nitrogens with one attached hydrogen (secondary N) is 1. The summed E-state index contributed by atoms with van der Waals surface area (Å²) in [7, 11) is 5.75. The topological polar surface area (TPSA) is 52.6 Å². The number of amides is 2. The van der Waals surface area contributed by atoms with Gasteiger partial charge < -0.3 is 9.80 Å². The van der Waals surface area contributed by atoms with Gasteiger partial charge in [-0.25, -0.2) is 8.78 Å². The van der Waals surface area contributed by atoms with Gasteiger partial charge in [0.25, 0.3) is 17.1 Å². The van der Waals surface area contributed by atoms with Gasteiger partial charge in [0.2, 0.25) is 0 Å². The maximum absolute atomic E-state index is 13.9. The van der Waals surface area contributed by atoms with E-state index in [1.165, 1.54) is 18.2 Å². The van der Waals surface area contributed by atoms with E-state index in [0.29, 0.717) is 17.8 Å². The van der Waals surface area contributed by atoms with Crippen molar-refractivity contribution in [3.05, 3.63) is 33.2 Å². The molecule has 1 saturated heterocycles. The van der Waals surface area contributed by atoms with Gasteiger partial charge >= 0.3 is 0 Å². The van der Waals surface area contributed by atoms with Gasteiger partial charge in [-0.15, -0.1) is 0 Å². The molecule has 1 fully saturated rings. The summed E-state index contributed by atoms with van der Waals surface area (Å²) in [5, 5.41) is 1.84. The summed E-state index contributed by atoms with van der Waals surface area (Å²) >= 11 is 7.07. The second kappa shape index (κ2) is 8.58. The monoisotopic (exact) mass is 417 g/mol. The zero-order valence-electron chi connectivity index (χ0n) is 15.6. The van der Waals surface area contributed by atoms with E-state index >= 15 is 0 Å². The average Bonchev–Trinajstić information content (AvgIpc) is 2.83. The molecular formula is C18H22ClF2N3O2S. The second-order valence-corrected chi connectivity index (χ2v) is 8.14. The van der Waals surface area contributed by atoms with Crippen LogP contribution in [-0.2, 0) is 10.7 Å². The van der Waals surface area contributed by atoms with E-state index in [-0.39, 0.29) is 15.5 Å². The Balaban J connectivity index is 2.46. The van der Waals surface area contributed by atoms with E-state index in [1.54, 1.807) is 0 Å². The molecule has 1 aromatic rings. The number of imide groups is 1. The van der Waals surface area contributed by atoms with Crippen LogP contribution in [0, 0.1) is 0 Å². The van der Waals surface area contributed by atoms with Crippen molar-refractivity contribution in [2.45, 2.75) is 19.3 Å². The Morgan fingerprint density at radius 2 is 1.89 bits per heavy atom. The number of anilines is 1. The van der Waals surface area contributed by atoms with Crippen molar-refractivity contribution in [2.75, 3.05) is 39.1 Å². The van der Waals surface area contributed by atoms with E-state index < -0.39 is 17.1 Å². The Hall–Kier alpha value is -1.64. The standard InChI is InChI=1S/C18H22ClF2N3O2S/c1-18(20,21)12-8-11(9-14-16(25)22-17(26)27-14)15(13(19)10-12)24(4)7-5-6-23(2)3/h8-10H,5-7H2,1-4H3,(H,22,25,26). The van der Waals surface area contributed by atoms with Gasteiger partial charge in [-0.2, -0.15) is 0 Å².